The largest absolute Gasteiger partial charge is 0.381 e. The second-order valence-electron chi connectivity index (χ2n) is 3.23. The van der Waals surface area contributed by atoms with Crippen molar-refractivity contribution in [3.8, 4) is 0 Å². The Morgan fingerprint density at radius 3 is 1.31 bits per heavy atom. The van der Waals surface area contributed by atoms with Gasteiger partial charge >= 0.3 is 0 Å². The first-order valence-corrected chi connectivity index (χ1v) is 5.78. The van der Waals surface area contributed by atoms with Crippen molar-refractivity contribution in [3.63, 3.8) is 0 Å². The Balaban J connectivity index is 0. The van der Waals surface area contributed by atoms with E-state index in [1.54, 1.807) is 0 Å². The molecule has 1 fully saturated rings. The molecule has 1 saturated carbocycles. The van der Waals surface area contributed by atoms with Gasteiger partial charge in [-0.3, -0.25) is 0 Å². The van der Waals surface area contributed by atoms with Gasteiger partial charge in [-0.05, 0) is 24.7 Å². The molecule has 13 heavy (non-hydrogen) atoms. The SMILES string of the molecule is CC.CC.COC1C(C)CCC1C. The lowest BCUT2D eigenvalue weighted by atomic mass is 10.0. The van der Waals surface area contributed by atoms with Crippen LogP contribution in [0.15, 0.2) is 0 Å². The van der Waals surface area contributed by atoms with Crippen molar-refractivity contribution in [1.82, 2.24) is 0 Å². The normalized spacial score (nSPS) is 31.2. The molecule has 0 aliphatic heterocycles. The molecular formula is C12H28O. The van der Waals surface area contributed by atoms with Crippen LogP contribution in [-0.4, -0.2) is 13.2 Å². The molecule has 1 aliphatic rings. The number of rotatable bonds is 1. The van der Waals surface area contributed by atoms with E-state index in [1.165, 1.54) is 12.8 Å². The van der Waals surface area contributed by atoms with Gasteiger partial charge in [-0.2, -0.15) is 0 Å². The van der Waals surface area contributed by atoms with Crippen LogP contribution in [0.4, 0.5) is 0 Å². The van der Waals surface area contributed by atoms with Gasteiger partial charge < -0.3 is 4.74 Å². The maximum absolute atomic E-state index is 5.34. The van der Waals surface area contributed by atoms with Gasteiger partial charge in [-0.1, -0.05) is 41.5 Å². The highest BCUT2D eigenvalue weighted by Crippen LogP contribution is 2.32. The van der Waals surface area contributed by atoms with Crippen molar-refractivity contribution >= 4 is 0 Å². The summed E-state index contributed by atoms with van der Waals surface area (Å²) in [4.78, 5) is 0. The Labute approximate surface area is 84.9 Å². The Morgan fingerprint density at radius 2 is 1.15 bits per heavy atom. The first kappa shape index (κ1) is 15.4. The fourth-order valence-electron chi connectivity index (χ4n) is 1.88. The Bertz CT molecular complexity index is 81.1. The average molecular weight is 188 g/mol. The predicted molar refractivity (Wildman–Crippen MR) is 61.1 cm³/mol. The highest BCUT2D eigenvalue weighted by molar-refractivity contribution is 4.79. The standard InChI is InChI=1S/C8H16O.2C2H6/c1-6-4-5-7(2)8(6)9-3;2*1-2/h6-8H,4-5H2,1-3H3;2*1-2H3. The summed E-state index contributed by atoms with van der Waals surface area (Å²) < 4.78 is 5.34. The summed E-state index contributed by atoms with van der Waals surface area (Å²) in [5, 5.41) is 0. The molecule has 0 N–H and O–H groups in total. The van der Waals surface area contributed by atoms with E-state index in [4.69, 9.17) is 4.74 Å². The smallest absolute Gasteiger partial charge is 0.0622 e. The van der Waals surface area contributed by atoms with Gasteiger partial charge in [0.2, 0.25) is 0 Å². The molecule has 0 aromatic heterocycles. The number of hydrogen-bond acceptors (Lipinski definition) is 1. The van der Waals surface area contributed by atoms with Crippen molar-refractivity contribution in [2.45, 2.75) is 60.5 Å². The lowest BCUT2D eigenvalue weighted by Gasteiger charge is -2.17. The summed E-state index contributed by atoms with van der Waals surface area (Å²) in [5.41, 5.74) is 0. The second-order valence-corrected chi connectivity index (χ2v) is 3.23. The summed E-state index contributed by atoms with van der Waals surface area (Å²) >= 11 is 0. The van der Waals surface area contributed by atoms with Gasteiger partial charge in [0.1, 0.15) is 0 Å². The first-order valence-electron chi connectivity index (χ1n) is 5.78. The van der Waals surface area contributed by atoms with Crippen molar-refractivity contribution < 1.29 is 4.74 Å². The van der Waals surface area contributed by atoms with Gasteiger partial charge in [0.05, 0.1) is 6.10 Å². The molecular weight excluding hydrogens is 160 g/mol. The van der Waals surface area contributed by atoms with Crippen LogP contribution in [0.3, 0.4) is 0 Å². The molecule has 0 aromatic carbocycles. The topological polar surface area (TPSA) is 9.23 Å². The van der Waals surface area contributed by atoms with Crippen LogP contribution in [0.25, 0.3) is 0 Å². The Morgan fingerprint density at radius 1 is 0.846 bits per heavy atom. The molecule has 1 heteroatoms. The molecule has 0 amide bonds. The zero-order chi connectivity index (χ0) is 10.9. The fraction of sp³-hybridized carbons (Fsp3) is 1.00. The van der Waals surface area contributed by atoms with E-state index in [0.29, 0.717) is 6.10 Å². The van der Waals surface area contributed by atoms with Crippen LogP contribution in [0.2, 0.25) is 0 Å². The number of methoxy groups -OCH3 is 1. The molecule has 82 valence electrons. The average Bonchev–Trinajstić information content (AvgIpc) is 2.52. The molecule has 0 heterocycles. The van der Waals surface area contributed by atoms with Gasteiger partial charge in [0.15, 0.2) is 0 Å². The fourth-order valence-corrected chi connectivity index (χ4v) is 1.88. The third-order valence-electron chi connectivity index (χ3n) is 2.47. The van der Waals surface area contributed by atoms with Gasteiger partial charge in [-0.25, -0.2) is 0 Å². The molecule has 0 spiro atoms. The molecule has 0 aromatic rings. The molecule has 1 aliphatic carbocycles. The van der Waals surface area contributed by atoms with E-state index >= 15 is 0 Å². The molecule has 2 atom stereocenters. The van der Waals surface area contributed by atoms with Gasteiger partial charge in [0.25, 0.3) is 0 Å². The van der Waals surface area contributed by atoms with Crippen molar-refractivity contribution in [3.05, 3.63) is 0 Å². The van der Waals surface area contributed by atoms with E-state index in [-0.39, 0.29) is 0 Å². The third kappa shape index (κ3) is 5.30. The van der Waals surface area contributed by atoms with Crippen LogP contribution in [0.1, 0.15) is 54.4 Å². The molecule has 2 unspecified atom stereocenters. The van der Waals surface area contributed by atoms with Crippen molar-refractivity contribution in [1.29, 1.82) is 0 Å². The highest BCUT2D eigenvalue weighted by atomic mass is 16.5. The summed E-state index contributed by atoms with van der Waals surface area (Å²) in [6, 6.07) is 0. The molecule has 1 nitrogen and oxygen atoms in total. The van der Waals surface area contributed by atoms with E-state index in [2.05, 4.69) is 13.8 Å². The minimum atomic E-state index is 0.532. The molecule has 0 bridgehead atoms. The van der Waals surface area contributed by atoms with Crippen LogP contribution in [-0.2, 0) is 4.74 Å². The summed E-state index contributed by atoms with van der Waals surface area (Å²) in [6.45, 7) is 12.6. The molecule has 0 radical (unpaired) electrons. The molecule has 0 saturated heterocycles. The zero-order valence-corrected chi connectivity index (χ0v) is 10.6. The summed E-state index contributed by atoms with van der Waals surface area (Å²) in [7, 11) is 1.82. The lowest BCUT2D eigenvalue weighted by Crippen LogP contribution is -2.19. The Hall–Kier alpha value is -0.0400. The number of hydrogen-bond donors (Lipinski definition) is 0. The second kappa shape index (κ2) is 10.0. The van der Waals surface area contributed by atoms with E-state index in [0.717, 1.165) is 11.8 Å². The minimum Gasteiger partial charge on any atom is -0.381 e. The first-order chi connectivity index (χ1) is 6.25. The van der Waals surface area contributed by atoms with Crippen molar-refractivity contribution in [2.24, 2.45) is 11.8 Å². The van der Waals surface area contributed by atoms with E-state index in [1.807, 2.05) is 34.8 Å². The third-order valence-corrected chi connectivity index (χ3v) is 2.47. The maximum Gasteiger partial charge on any atom is 0.0622 e. The maximum atomic E-state index is 5.34. The number of ether oxygens (including phenoxy) is 1. The minimum absolute atomic E-state index is 0.532. The van der Waals surface area contributed by atoms with Crippen LogP contribution >= 0.6 is 0 Å². The quantitative estimate of drug-likeness (QED) is 0.601. The Kier molecular flexibility index (Phi) is 11.9. The van der Waals surface area contributed by atoms with Crippen LogP contribution < -0.4 is 0 Å². The summed E-state index contributed by atoms with van der Waals surface area (Å²) in [6.07, 6.45) is 3.23. The highest BCUT2D eigenvalue weighted by Gasteiger charge is 2.29. The van der Waals surface area contributed by atoms with Crippen LogP contribution in [0.5, 0.6) is 0 Å². The van der Waals surface area contributed by atoms with E-state index < -0.39 is 0 Å². The van der Waals surface area contributed by atoms with Gasteiger partial charge in [-0.15, -0.1) is 0 Å². The monoisotopic (exact) mass is 188 g/mol. The molecule has 1 rings (SSSR count). The van der Waals surface area contributed by atoms with E-state index in [9.17, 15) is 0 Å². The predicted octanol–water partition coefficient (Wildman–Crippen LogP) is 4.12. The van der Waals surface area contributed by atoms with Crippen molar-refractivity contribution in [2.75, 3.05) is 7.11 Å². The zero-order valence-electron chi connectivity index (χ0n) is 10.6. The lowest BCUT2D eigenvalue weighted by molar-refractivity contribution is 0.0488. The van der Waals surface area contributed by atoms with Crippen LogP contribution in [0, 0.1) is 11.8 Å². The summed E-state index contributed by atoms with van der Waals surface area (Å²) in [5.74, 6) is 1.56. The van der Waals surface area contributed by atoms with Gasteiger partial charge in [0, 0.05) is 7.11 Å².